The van der Waals surface area contributed by atoms with E-state index in [1.165, 1.54) is 17.5 Å². The van der Waals surface area contributed by atoms with Gasteiger partial charge in [-0.1, -0.05) is 37.3 Å². The molecule has 2 unspecified atom stereocenters. The Labute approximate surface area is 127 Å². The smallest absolute Gasteiger partial charge is 0.0476 e. The quantitative estimate of drug-likeness (QED) is 0.934. The minimum absolute atomic E-state index is 0.446. The summed E-state index contributed by atoms with van der Waals surface area (Å²) in [5.74, 6) is 0. The molecule has 3 heteroatoms. The second kappa shape index (κ2) is 6.83. The van der Waals surface area contributed by atoms with Crippen molar-refractivity contribution in [3.63, 3.8) is 0 Å². The normalized spacial score (nSPS) is 23.1. The molecule has 3 rings (SSSR count). The molecule has 1 aliphatic heterocycles. The molecule has 2 aromatic rings. The second-order valence-electron chi connectivity index (χ2n) is 5.72. The standard InChI is InChI=1S/C18H23N3/c1-2-17-14-21(13-15-8-10-19-11-9-15)18(12-20-17)16-6-4-3-5-7-16/h3-11,17-18,20H,2,12-14H2,1H3. The van der Waals surface area contributed by atoms with Crippen LogP contribution in [0.4, 0.5) is 0 Å². The summed E-state index contributed by atoms with van der Waals surface area (Å²) < 4.78 is 0. The van der Waals surface area contributed by atoms with Gasteiger partial charge in [0.25, 0.3) is 0 Å². The van der Waals surface area contributed by atoms with Gasteiger partial charge in [-0.15, -0.1) is 0 Å². The molecule has 110 valence electrons. The Morgan fingerprint density at radius 1 is 1.14 bits per heavy atom. The Bertz CT molecular complexity index is 541. The van der Waals surface area contributed by atoms with E-state index in [4.69, 9.17) is 0 Å². The topological polar surface area (TPSA) is 28.2 Å². The SMILES string of the molecule is CCC1CN(Cc2ccncc2)C(c2ccccc2)CN1. The van der Waals surface area contributed by atoms with Gasteiger partial charge in [-0.3, -0.25) is 9.88 Å². The number of rotatable bonds is 4. The van der Waals surface area contributed by atoms with Crippen molar-refractivity contribution in [1.82, 2.24) is 15.2 Å². The Hall–Kier alpha value is -1.71. The average Bonchev–Trinajstić information content (AvgIpc) is 2.56. The fourth-order valence-corrected chi connectivity index (χ4v) is 3.06. The van der Waals surface area contributed by atoms with Crippen molar-refractivity contribution in [3.05, 3.63) is 66.0 Å². The van der Waals surface area contributed by atoms with E-state index in [-0.39, 0.29) is 0 Å². The summed E-state index contributed by atoms with van der Waals surface area (Å²) >= 11 is 0. The Balaban J connectivity index is 1.80. The van der Waals surface area contributed by atoms with Crippen molar-refractivity contribution in [2.75, 3.05) is 13.1 Å². The van der Waals surface area contributed by atoms with Crippen LogP contribution in [0.2, 0.25) is 0 Å². The lowest BCUT2D eigenvalue weighted by atomic mass is 9.99. The van der Waals surface area contributed by atoms with Crippen LogP contribution >= 0.6 is 0 Å². The van der Waals surface area contributed by atoms with E-state index in [1.807, 2.05) is 12.4 Å². The summed E-state index contributed by atoms with van der Waals surface area (Å²) in [4.78, 5) is 6.71. The summed E-state index contributed by atoms with van der Waals surface area (Å²) in [6, 6.07) is 16.1. The van der Waals surface area contributed by atoms with E-state index in [1.54, 1.807) is 0 Å². The summed E-state index contributed by atoms with van der Waals surface area (Å²) in [5.41, 5.74) is 2.73. The minimum atomic E-state index is 0.446. The van der Waals surface area contributed by atoms with Crippen LogP contribution in [0.3, 0.4) is 0 Å². The van der Waals surface area contributed by atoms with Gasteiger partial charge >= 0.3 is 0 Å². The third kappa shape index (κ3) is 3.49. The lowest BCUT2D eigenvalue weighted by Gasteiger charge is -2.40. The van der Waals surface area contributed by atoms with Gasteiger partial charge in [0.15, 0.2) is 0 Å². The fourth-order valence-electron chi connectivity index (χ4n) is 3.06. The first-order chi connectivity index (χ1) is 10.4. The molecule has 0 radical (unpaired) electrons. The Morgan fingerprint density at radius 3 is 2.62 bits per heavy atom. The van der Waals surface area contributed by atoms with Crippen LogP contribution in [-0.2, 0) is 6.54 Å². The molecule has 2 heterocycles. The Morgan fingerprint density at radius 2 is 1.90 bits per heavy atom. The number of nitrogens with one attached hydrogen (secondary N) is 1. The lowest BCUT2D eigenvalue weighted by Crippen LogP contribution is -2.51. The maximum absolute atomic E-state index is 4.12. The number of pyridine rings is 1. The maximum atomic E-state index is 4.12. The van der Waals surface area contributed by atoms with E-state index in [0.29, 0.717) is 12.1 Å². The first-order valence-electron chi connectivity index (χ1n) is 7.78. The maximum Gasteiger partial charge on any atom is 0.0476 e. The van der Waals surface area contributed by atoms with Crippen molar-refractivity contribution in [1.29, 1.82) is 0 Å². The summed E-state index contributed by atoms with van der Waals surface area (Å²) in [6.07, 6.45) is 4.94. The summed E-state index contributed by atoms with van der Waals surface area (Å²) in [7, 11) is 0. The van der Waals surface area contributed by atoms with Crippen LogP contribution in [0.25, 0.3) is 0 Å². The third-order valence-electron chi connectivity index (χ3n) is 4.31. The fraction of sp³-hybridized carbons (Fsp3) is 0.389. The molecule has 21 heavy (non-hydrogen) atoms. The molecule has 0 spiro atoms. The highest BCUT2D eigenvalue weighted by atomic mass is 15.2. The first-order valence-corrected chi connectivity index (χ1v) is 7.78. The highest BCUT2D eigenvalue weighted by Gasteiger charge is 2.27. The molecule has 1 fully saturated rings. The molecular weight excluding hydrogens is 258 g/mol. The van der Waals surface area contributed by atoms with E-state index in [9.17, 15) is 0 Å². The van der Waals surface area contributed by atoms with Gasteiger partial charge in [0.05, 0.1) is 0 Å². The largest absolute Gasteiger partial charge is 0.311 e. The summed E-state index contributed by atoms with van der Waals surface area (Å²) in [5, 5.41) is 3.68. The average molecular weight is 281 g/mol. The molecule has 0 aliphatic carbocycles. The van der Waals surface area contributed by atoms with E-state index in [0.717, 1.165) is 19.6 Å². The first kappa shape index (κ1) is 14.2. The molecule has 0 saturated carbocycles. The van der Waals surface area contributed by atoms with Crippen molar-refractivity contribution in [3.8, 4) is 0 Å². The third-order valence-corrected chi connectivity index (χ3v) is 4.31. The number of nitrogens with zero attached hydrogens (tertiary/aromatic N) is 2. The van der Waals surface area contributed by atoms with Gasteiger partial charge in [0.2, 0.25) is 0 Å². The van der Waals surface area contributed by atoms with Gasteiger partial charge in [-0.2, -0.15) is 0 Å². The number of benzene rings is 1. The molecule has 1 aromatic heterocycles. The number of hydrogen-bond acceptors (Lipinski definition) is 3. The molecule has 3 nitrogen and oxygen atoms in total. The highest BCUT2D eigenvalue weighted by molar-refractivity contribution is 5.21. The number of aromatic nitrogens is 1. The highest BCUT2D eigenvalue weighted by Crippen LogP contribution is 2.25. The molecule has 1 N–H and O–H groups in total. The molecule has 0 amide bonds. The van der Waals surface area contributed by atoms with Crippen LogP contribution in [0, 0.1) is 0 Å². The van der Waals surface area contributed by atoms with Crippen LogP contribution in [0.5, 0.6) is 0 Å². The van der Waals surface area contributed by atoms with Crippen molar-refractivity contribution >= 4 is 0 Å². The predicted molar refractivity (Wildman–Crippen MR) is 85.9 cm³/mol. The molecular formula is C18H23N3. The van der Waals surface area contributed by atoms with Gasteiger partial charge < -0.3 is 5.32 Å². The van der Waals surface area contributed by atoms with E-state index in [2.05, 4.69) is 64.6 Å². The lowest BCUT2D eigenvalue weighted by molar-refractivity contribution is 0.120. The minimum Gasteiger partial charge on any atom is -0.311 e. The van der Waals surface area contributed by atoms with Gasteiger partial charge in [0, 0.05) is 44.1 Å². The van der Waals surface area contributed by atoms with Crippen molar-refractivity contribution in [2.45, 2.75) is 32.0 Å². The monoisotopic (exact) mass is 281 g/mol. The molecule has 1 aliphatic rings. The summed E-state index contributed by atoms with van der Waals surface area (Å²) in [6.45, 7) is 5.36. The zero-order valence-corrected chi connectivity index (χ0v) is 12.6. The van der Waals surface area contributed by atoms with Gasteiger partial charge in [-0.25, -0.2) is 0 Å². The molecule has 1 aromatic carbocycles. The van der Waals surface area contributed by atoms with Crippen LogP contribution in [0.15, 0.2) is 54.9 Å². The van der Waals surface area contributed by atoms with Crippen LogP contribution in [0.1, 0.15) is 30.5 Å². The van der Waals surface area contributed by atoms with Crippen LogP contribution < -0.4 is 5.32 Å². The van der Waals surface area contributed by atoms with E-state index >= 15 is 0 Å². The van der Waals surface area contributed by atoms with E-state index < -0.39 is 0 Å². The van der Waals surface area contributed by atoms with Crippen molar-refractivity contribution < 1.29 is 0 Å². The number of piperazine rings is 1. The van der Waals surface area contributed by atoms with Crippen LogP contribution in [-0.4, -0.2) is 29.0 Å². The van der Waals surface area contributed by atoms with Crippen molar-refractivity contribution in [2.24, 2.45) is 0 Å². The second-order valence-corrected chi connectivity index (χ2v) is 5.72. The Kier molecular flexibility index (Phi) is 4.63. The molecule has 2 atom stereocenters. The molecule has 1 saturated heterocycles. The number of hydrogen-bond donors (Lipinski definition) is 1. The zero-order valence-electron chi connectivity index (χ0n) is 12.6. The predicted octanol–water partition coefficient (Wildman–Crippen LogP) is 3.01. The zero-order chi connectivity index (χ0) is 14.5. The van der Waals surface area contributed by atoms with Gasteiger partial charge in [0.1, 0.15) is 0 Å². The molecule has 0 bridgehead atoms. The van der Waals surface area contributed by atoms with Gasteiger partial charge in [-0.05, 0) is 29.7 Å².